The zero-order chi connectivity index (χ0) is 11.0. The Morgan fingerprint density at radius 1 is 1.47 bits per heavy atom. The Bertz CT molecular complexity index is 488. The van der Waals surface area contributed by atoms with Gasteiger partial charge in [-0.05, 0) is 24.6 Å². The van der Waals surface area contributed by atoms with Gasteiger partial charge in [-0.25, -0.2) is 0 Å². The van der Waals surface area contributed by atoms with Gasteiger partial charge in [0.1, 0.15) is 0 Å². The standard InChI is InChI=1S/C12H15ClN2/c1-8(7-14)12-9(2)11(13)10-5-3-4-6-15(10)12/h3-6,8H,7,14H2,1-2H3. The quantitative estimate of drug-likeness (QED) is 0.832. The van der Waals surface area contributed by atoms with Gasteiger partial charge in [-0.2, -0.15) is 0 Å². The lowest BCUT2D eigenvalue weighted by atomic mass is 10.1. The van der Waals surface area contributed by atoms with Crippen molar-refractivity contribution in [2.45, 2.75) is 19.8 Å². The highest BCUT2D eigenvalue weighted by molar-refractivity contribution is 6.34. The van der Waals surface area contributed by atoms with Crippen molar-refractivity contribution in [1.82, 2.24) is 4.40 Å². The van der Waals surface area contributed by atoms with E-state index in [0.717, 1.165) is 16.1 Å². The van der Waals surface area contributed by atoms with Crippen molar-refractivity contribution in [2.75, 3.05) is 6.54 Å². The lowest BCUT2D eigenvalue weighted by molar-refractivity contribution is 0.731. The van der Waals surface area contributed by atoms with E-state index in [0.29, 0.717) is 12.5 Å². The number of aromatic nitrogens is 1. The smallest absolute Gasteiger partial charge is 0.0693 e. The highest BCUT2D eigenvalue weighted by atomic mass is 35.5. The minimum Gasteiger partial charge on any atom is -0.330 e. The first kappa shape index (κ1) is 10.5. The fourth-order valence-electron chi connectivity index (χ4n) is 2.04. The van der Waals surface area contributed by atoms with Gasteiger partial charge in [0.2, 0.25) is 0 Å². The maximum Gasteiger partial charge on any atom is 0.0693 e. The van der Waals surface area contributed by atoms with Gasteiger partial charge in [-0.3, -0.25) is 0 Å². The van der Waals surface area contributed by atoms with Crippen molar-refractivity contribution in [3.8, 4) is 0 Å². The summed E-state index contributed by atoms with van der Waals surface area (Å²) in [6, 6.07) is 6.04. The van der Waals surface area contributed by atoms with Crippen LogP contribution in [-0.2, 0) is 0 Å². The third-order valence-corrected chi connectivity index (χ3v) is 3.36. The van der Waals surface area contributed by atoms with Crippen molar-refractivity contribution < 1.29 is 0 Å². The molecule has 0 saturated carbocycles. The fraction of sp³-hybridized carbons (Fsp3) is 0.333. The molecule has 0 bridgehead atoms. The largest absolute Gasteiger partial charge is 0.330 e. The molecule has 2 rings (SSSR count). The van der Waals surface area contributed by atoms with E-state index in [1.165, 1.54) is 5.69 Å². The highest BCUT2D eigenvalue weighted by Crippen LogP contribution is 2.31. The molecule has 0 aromatic carbocycles. The third kappa shape index (κ3) is 1.54. The van der Waals surface area contributed by atoms with Crippen LogP contribution in [0.5, 0.6) is 0 Å². The molecule has 2 aromatic heterocycles. The van der Waals surface area contributed by atoms with Crippen LogP contribution in [0.3, 0.4) is 0 Å². The Hall–Kier alpha value is -0.990. The van der Waals surface area contributed by atoms with Crippen LogP contribution in [0.15, 0.2) is 24.4 Å². The SMILES string of the molecule is Cc1c(Cl)c2ccccn2c1C(C)CN. The first-order valence-electron chi connectivity index (χ1n) is 5.12. The fourth-order valence-corrected chi connectivity index (χ4v) is 2.29. The lowest BCUT2D eigenvalue weighted by Gasteiger charge is -2.10. The van der Waals surface area contributed by atoms with Crippen molar-refractivity contribution in [3.63, 3.8) is 0 Å². The number of nitrogens with two attached hydrogens (primary N) is 1. The maximum atomic E-state index is 6.29. The molecule has 3 heteroatoms. The van der Waals surface area contributed by atoms with E-state index in [4.69, 9.17) is 17.3 Å². The second-order valence-electron chi connectivity index (χ2n) is 3.92. The van der Waals surface area contributed by atoms with E-state index in [1.54, 1.807) is 0 Å². The average molecular weight is 223 g/mol. The van der Waals surface area contributed by atoms with Crippen LogP contribution in [0, 0.1) is 6.92 Å². The highest BCUT2D eigenvalue weighted by Gasteiger charge is 2.16. The van der Waals surface area contributed by atoms with E-state index < -0.39 is 0 Å². The number of rotatable bonds is 2. The Labute approximate surface area is 94.7 Å². The van der Waals surface area contributed by atoms with Crippen LogP contribution in [-0.4, -0.2) is 10.9 Å². The molecule has 2 aromatic rings. The van der Waals surface area contributed by atoms with Gasteiger partial charge in [0.15, 0.2) is 0 Å². The van der Waals surface area contributed by atoms with E-state index in [2.05, 4.69) is 18.2 Å². The number of fused-ring (bicyclic) bond motifs is 1. The monoisotopic (exact) mass is 222 g/mol. The molecule has 80 valence electrons. The predicted octanol–water partition coefficient (Wildman–Crippen LogP) is 2.96. The van der Waals surface area contributed by atoms with Gasteiger partial charge in [-0.15, -0.1) is 0 Å². The Balaban J connectivity index is 2.77. The molecule has 0 aliphatic heterocycles. The van der Waals surface area contributed by atoms with Gasteiger partial charge < -0.3 is 10.1 Å². The normalized spacial score (nSPS) is 13.3. The van der Waals surface area contributed by atoms with Gasteiger partial charge in [0, 0.05) is 24.4 Å². The summed E-state index contributed by atoms with van der Waals surface area (Å²) < 4.78 is 2.13. The summed E-state index contributed by atoms with van der Waals surface area (Å²) in [6.45, 7) is 4.81. The molecule has 0 saturated heterocycles. The lowest BCUT2D eigenvalue weighted by Crippen LogP contribution is -2.11. The summed E-state index contributed by atoms with van der Waals surface area (Å²) in [6.07, 6.45) is 2.04. The minimum absolute atomic E-state index is 0.326. The number of pyridine rings is 1. The molecule has 2 heterocycles. The van der Waals surface area contributed by atoms with Crippen LogP contribution < -0.4 is 5.73 Å². The van der Waals surface area contributed by atoms with Gasteiger partial charge >= 0.3 is 0 Å². The number of halogens is 1. The molecule has 0 aliphatic rings. The molecule has 0 aliphatic carbocycles. The van der Waals surface area contributed by atoms with Crippen LogP contribution in [0.4, 0.5) is 0 Å². The van der Waals surface area contributed by atoms with Crippen LogP contribution in [0.25, 0.3) is 5.52 Å². The van der Waals surface area contributed by atoms with E-state index in [-0.39, 0.29) is 0 Å². The minimum atomic E-state index is 0.326. The Kier molecular flexibility index (Phi) is 2.72. The molecule has 0 fully saturated rings. The topological polar surface area (TPSA) is 30.4 Å². The van der Waals surface area contributed by atoms with E-state index >= 15 is 0 Å². The van der Waals surface area contributed by atoms with Crippen LogP contribution in [0.1, 0.15) is 24.1 Å². The molecule has 0 spiro atoms. The van der Waals surface area contributed by atoms with Gasteiger partial charge in [-0.1, -0.05) is 24.6 Å². The molecule has 1 unspecified atom stereocenters. The van der Waals surface area contributed by atoms with Crippen molar-refractivity contribution in [3.05, 3.63) is 40.7 Å². The summed E-state index contributed by atoms with van der Waals surface area (Å²) in [5.41, 5.74) is 9.14. The number of hydrogen-bond acceptors (Lipinski definition) is 1. The molecule has 0 amide bonds. The zero-order valence-corrected chi connectivity index (χ0v) is 9.75. The summed E-state index contributed by atoms with van der Waals surface area (Å²) in [7, 11) is 0. The molecule has 0 radical (unpaired) electrons. The molecule has 2 N–H and O–H groups in total. The summed E-state index contributed by atoms with van der Waals surface area (Å²) >= 11 is 6.29. The molecule has 2 nitrogen and oxygen atoms in total. The van der Waals surface area contributed by atoms with Gasteiger partial charge in [0.05, 0.1) is 10.5 Å². The molecular weight excluding hydrogens is 208 g/mol. The van der Waals surface area contributed by atoms with E-state index in [1.807, 2.05) is 24.4 Å². The zero-order valence-electron chi connectivity index (χ0n) is 9.00. The molecule has 1 atom stereocenters. The second-order valence-corrected chi connectivity index (χ2v) is 4.29. The predicted molar refractivity (Wildman–Crippen MR) is 64.6 cm³/mol. The Morgan fingerprint density at radius 2 is 2.20 bits per heavy atom. The van der Waals surface area contributed by atoms with Crippen molar-refractivity contribution >= 4 is 17.1 Å². The second kappa shape index (κ2) is 3.87. The maximum absolute atomic E-state index is 6.29. The van der Waals surface area contributed by atoms with E-state index in [9.17, 15) is 0 Å². The van der Waals surface area contributed by atoms with Crippen molar-refractivity contribution in [1.29, 1.82) is 0 Å². The Morgan fingerprint density at radius 3 is 2.87 bits per heavy atom. The first-order valence-corrected chi connectivity index (χ1v) is 5.49. The van der Waals surface area contributed by atoms with Crippen molar-refractivity contribution in [2.24, 2.45) is 5.73 Å². The van der Waals surface area contributed by atoms with Crippen LogP contribution >= 0.6 is 11.6 Å². The van der Waals surface area contributed by atoms with Crippen LogP contribution in [0.2, 0.25) is 5.02 Å². The number of hydrogen-bond donors (Lipinski definition) is 1. The average Bonchev–Trinajstić information content (AvgIpc) is 2.52. The molecular formula is C12H15ClN2. The van der Waals surface area contributed by atoms with Gasteiger partial charge in [0.25, 0.3) is 0 Å². The number of nitrogens with zero attached hydrogens (tertiary/aromatic N) is 1. The summed E-state index contributed by atoms with van der Waals surface area (Å²) in [5.74, 6) is 0.326. The summed E-state index contributed by atoms with van der Waals surface area (Å²) in [5, 5.41) is 0.839. The third-order valence-electron chi connectivity index (χ3n) is 2.88. The summed E-state index contributed by atoms with van der Waals surface area (Å²) in [4.78, 5) is 0. The first-order chi connectivity index (χ1) is 7.16. The molecule has 15 heavy (non-hydrogen) atoms.